The number of aryl methyl sites for hydroxylation is 1. The molecule has 0 saturated carbocycles. The lowest BCUT2D eigenvalue weighted by Crippen LogP contribution is -2.20. The van der Waals surface area contributed by atoms with Gasteiger partial charge in [0.25, 0.3) is 0 Å². The number of hydrogen-bond donors (Lipinski definition) is 2. The molecule has 0 aliphatic heterocycles. The number of rotatable bonds is 7. The number of hydrogen-bond acceptors (Lipinski definition) is 3. The quantitative estimate of drug-likeness (QED) is 0.743. The molecule has 0 fully saturated rings. The summed E-state index contributed by atoms with van der Waals surface area (Å²) in [6.45, 7) is 3.03. The maximum absolute atomic E-state index is 8.78. The lowest BCUT2D eigenvalue weighted by molar-refractivity contribution is 0.190. The maximum Gasteiger partial charge on any atom is 0.0661 e. The van der Waals surface area contributed by atoms with Gasteiger partial charge in [-0.25, -0.2) is 0 Å². The molecule has 3 heteroatoms. The van der Waals surface area contributed by atoms with E-state index in [0.717, 1.165) is 18.5 Å². The molecule has 0 amide bonds. The molecule has 1 aromatic carbocycles. The topological polar surface area (TPSA) is 41.5 Å². The van der Waals surface area contributed by atoms with E-state index >= 15 is 0 Å². The summed E-state index contributed by atoms with van der Waals surface area (Å²) in [5.74, 6) is 0. The van der Waals surface area contributed by atoms with Gasteiger partial charge in [-0.05, 0) is 37.5 Å². The first-order valence-corrected chi connectivity index (χ1v) is 5.71. The summed E-state index contributed by atoms with van der Waals surface area (Å²) < 4.78 is 5.08. The molecule has 0 radical (unpaired) electrons. The predicted octanol–water partition coefficient (Wildman–Crippen LogP) is 2.06. The zero-order valence-electron chi connectivity index (χ0n) is 10.1. The van der Waals surface area contributed by atoms with Gasteiger partial charge in [0.05, 0.1) is 6.61 Å². The number of methoxy groups -OCH3 is 1. The van der Waals surface area contributed by atoms with Crippen LogP contribution in [0.2, 0.25) is 0 Å². The second kappa shape index (κ2) is 7.25. The molecule has 0 saturated heterocycles. The van der Waals surface area contributed by atoms with Crippen molar-refractivity contribution < 1.29 is 9.84 Å². The van der Waals surface area contributed by atoms with E-state index in [1.165, 1.54) is 5.56 Å². The zero-order chi connectivity index (χ0) is 11.8. The number of ether oxygens (including phenoxy) is 1. The smallest absolute Gasteiger partial charge is 0.0661 e. The molecule has 0 aliphatic carbocycles. The van der Waals surface area contributed by atoms with Crippen LogP contribution in [-0.2, 0) is 11.2 Å². The lowest BCUT2D eigenvalue weighted by Gasteiger charge is -2.14. The van der Waals surface area contributed by atoms with Crippen LogP contribution in [0, 0.1) is 0 Å². The molecule has 1 aromatic rings. The largest absolute Gasteiger partial charge is 0.396 e. The summed E-state index contributed by atoms with van der Waals surface area (Å²) in [7, 11) is 1.70. The summed E-state index contributed by atoms with van der Waals surface area (Å²) in [5, 5.41) is 12.2. The van der Waals surface area contributed by atoms with E-state index in [0.29, 0.717) is 12.6 Å². The molecule has 90 valence electrons. The fourth-order valence-electron chi connectivity index (χ4n) is 1.68. The van der Waals surface area contributed by atoms with Gasteiger partial charge in [0.15, 0.2) is 0 Å². The fourth-order valence-corrected chi connectivity index (χ4v) is 1.68. The molecule has 3 nitrogen and oxygen atoms in total. The monoisotopic (exact) mass is 223 g/mol. The van der Waals surface area contributed by atoms with E-state index in [2.05, 4.69) is 30.4 Å². The van der Waals surface area contributed by atoms with Crippen LogP contribution in [0.4, 0.5) is 5.69 Å². The average molecular weight is 223 g/mol. The van der Waals surface area contributed by atoms with E-state index < -0.39 is 0 Å². The van der Waals surface area contributed by atoms with Crippen molar-refractivity contribution in [2.75, 3.05) is 25.6 Å². The average Bonchev–Trinajstić information content (AvgIpc) is 2.27. The number of nitrogens with one attached hydrogen (secondary N) is 1. The minimum Gasteiger partial charge on any atom is -0.396 e. The molecule has 0 heterocycles. The molecular weight excluding hydrogens is 202 g/mol. The van der Waals surface area contributed by atoms with Crippen molar-refractivity contribution in [3.05, 3.63) is 29.8 Å². The van der Waals surface area contributed by atoms with E-state index in [-0.39, 0.29) is 6.61 Å². The van der Waals surface area contributed by atoms with Gasteiger partial charge in [-0.3, -0.25) is 0 Å². The third-order valence-electron chi connectivity index (χ3n) is 2.38. The molecule has 0 bridgehead atoms. The Morgan fingerprint density at radius 1 is 1.44 bits per heavy atom. The first-order chi connectivity index (χ1) is 7.76. The van der Waals surface area contributed by atoms with Gasteiger partial charge in [0.2, 0.25) is 0 Å². The van der Waals surface area contributed by atoms with Gasteiger partial charge < -0.3 is 15.2 Å². The zero-order valence-corrected chi connectivity index (χ0v) is 10.1. The third kappa shape index (κ3) is 4.64. The number of aliphatic hydroxyl groups excluding tert-OH is 1. The van der Waals surface area contributed by atoms with Crippen molar-refractivity contribution in [2.45, 2.75) is 25.8 Å². The van der Waals surface area contributed by atoms with Gasteiger partial charge >= 0.3 is 0 Å². The van der Waals surface area contributed by atoms with Gasteiger partial charge in [-0.15, -0.1) is 0 Å². The molecule has 16 heavy (non-hydrogen) atoms. The highest BCUT2D eigenvalue weighted by Gasteiger charge is 2.01. The predicted molar refractivity (Wildman–Crippen MR) is 66.8 cm³/mol. The van der Waals surface area contributed by atoms with E-state index in [9.17, 15) is 0 Å². The fraction of sp³-hybridized carbons (Fsp3) is 0.538. The van der Waals surface area contributed by atoms with Crippen LogP contribution in [0.15, 0.2) is 24.3 Å². The maximum atomic E-state index is 8.78. The molecule has 0 aliphatic rings. The molecule has 1 unspecified atom stereocenters. The summed E-state index contributed by atoms with van der Waals surface area (Å²) in [6, 6.07) is 8.60. The third-order valence-corrected chi connectivity index (χ3v) is 2.38. The van der Waals surface area contributed by atoms with Crippen LogP contribution in [0.1, 0.15) is 18.9 Å². The van der Waals surface area contributed by atoms with Crippen LogP contribution in [-0.4, -0.2) is 31.5 Å². The van der Waals surface area contributed by atoms with Crippen LogP contribution < -0.4 is 5.32 Å². The Balaban J connectivity index is 2.52. The van der Waals surface area contributed by atoms with E-state index in [1.54, 1.807) is 7.11 Å². The summed E-state index contributed by atoms with van der Waals surface area (Å²) in [5.41, 5.74) is 2.36. The molecule has 0 aromatic heterocycles. The Morgan fingerprint density at radius 3 is 2.94 bits per heavy atom. The Kier molecular flexibility index (Phi) is 5.90. The van der Waals surface area contributed by atoms with Crippen molar-refractivity contribution >= 4 is 5.69 Å². The van der Waals surface area contributed by atoms with Gasteiger partial charge in [-0.2, -0.15) is 0 Å². The summed E-state index contributed by atoms with van der Waals surface area (Å²) in [6.07, 6.45) is 1.74. The van der Waals surface area contributed by atoms with E-state index in [4.69, 9.17) is 9.84 Å². The summed E-state index contributed by atoms with van der Waals surface area (Å²) in [4.78, 5) is 0. The van der Waals surface area contributed by atoms with Crippen LogP contribution >= 0.6 is 0 Å². The van der Waals surface area contributed by atoms with Gasteiger partial charge in [-0.1, -0.05) is 12.1 Å². The minimum atomic E-state index is 0.248. The second-order valence-corrected chi connectivity index (χ2v) is 4.03. The van der Waals surface area contributed by atoms with Crippen molar-refractivity contribution in [1.29, 1.82) is 0 Å². The van der Waals surface area contributed by atoms with Crippen molar-refractivity contribution in [1.82, 2.24) is 0 Å². The Labute approximate surface area is 97.4 Å². The Morgan fingerprint density at radius 2 is 2.25 bits per heavy atom. The number of benzene rings is 1. The Bertz CT molecular complexity index is 302. The molecule has 1 atom stereocenters. The number of aliphatic hydroxyl groups is 1. The van der Waals surface area contributed by atoms with Crippen LogP contribution in [0.3, 0.4) is 0 Å². The first-order valence-electron chi connectivity index (χ1n) is 5.71. The normalized spacial score (nSPS) is 12.4. The van der Waals surface area contributed by atoms with Crippen molar-refractivity contribution in [3.8, 4) is 0 Å². The summed E-state index contributed by atoms with van der Waals surface area (Å²) >= 11 is 0. The van der Waals surface area contributed by atoms with Crippen LogP contribution in [0.25, 0.3) is 0 Å². The number of anilines is 1. The highest BCUT2D eigenvalue weighted by Crippen LogP contribution is 2.13. The highest BCUT2D eigenvalue weighted by molar-refractivity contribution is 5.46. The van der Waals surface area contributed by atoms with Crippen molar-refractivity contribution in [2.24, 2.45) is 0 Å². The van der Waals surface area contributed by atoms with E-state index in [1.807, 2.05) is 6.07 Å². The molecular formula is C13H21NO2. The van der Waals surface area contributed by atoms with Crippen LogP contribution in [0.5, 0.6) is 0 Å². The Hall–Kier alpha value is -1.06. The molecule has 0 spiro atoms. The standard InChI is InChI=1S/C13H21NO2/c1-11(10-16-2)14-13-7-3-5-12(9-13)6-4-8-15/h3,5,7,9,11,14-15H,4,6,8,10H2,1-2H3. The molecule has 1 rings (SSSR count). The first kappa shape index (κ1) is 13.0. The highest BCUT2D eigenvalue weighted by atomic mass is 16.5. The second-order valence-electron chi connectivity index (χ2n) is 4.03. The van der Waals surface area contributed by atoms with Crippen molar-refractivity contribution in [3.63, 3.8) is 0 Å². The minimum absolute atomic E-state index is 0.248. The SMILES string of the molecule is COCC(C)Nc1cccc(CCCO)c1. The van der Waals surface area contributed by atoms with Gasteiger partial charge in [0, 0.05) is 25.4 Å². The molecule has 2 N–H and O–H groups in total. The lowest BCUT2D eigenvalue weighted by atomic mass is 10.1. The van der Waals surface area contributed by atoms with Gasteiger partial charge in [0.1, 0.15) is 0 Å².